The molecule has 0 radical (unpaired) electrons. The van der Waals surface area contributed by atoms with Gasteiger partial charge in [0.25, 0.3) is 15.9 Å². The van der Waals surface area contributed by atoms with Gasteiger partial charge in [0, 0.05) is 22.9 Å². The summed E-state index contributed by atoms with van der Waals surface area (Å²) in [5.41, 5.74) is 3.20. The van der Waals surface area contributed by atoms with Crippen molar-refractivity contribution in [2.75, 3.05) is 10.0 Å². The number of carbonyl (C=O) groups excluding carboxylic acids is 1. The van der Waals surface area contributed by atoms with Gasteiger partial charge < -0.3 is 5.32 Å². The van der Waals surface area contributed by atoms with Gasteiger partial charge in [-0.05, 0) is 48.5 Å². The molecule has 0 aliphatic rings. The summed E-state index contributed by atoms with van der Waals surface area (Å²) in [6, 6.07) is 35.3. The van der Waals surface area contributed by atoms with Crippen LogP contribution in [0.4, 0.5) is 11.5 Å². The van der Waals surface area contributed by atoms with Gasteiger partial charge in [-0.3, -0.25) is 9.52 Å². The standard InChI is InChI=1S/C28H22N4O3S/c33-28(29-23-10-4-1-5-11-23)22-18-16-21(17-19-22)26-20-27(32(30-26)24-12-6-2-7-13-24)31-36(34,35)25-14-8-3-9-15-25/h1-20,31H,(H,29,33). The largest absolute Gasteiger partial charge is 0.322 e. The average Bonchev–Trinajstić information content (AvgIpc) is 3.33. The first kappa shape index (κ1) is 23.1. The second-order valence-corrected chi connectivity index (χ2v) is 9.66. The van der Waals surface area contributed by atoms with Crippen molar-refractivity contribution in [3.05, 3.63) is 127 Å². The van der Waals surface area contributed by atoms with Crippen LogP contribution in [-0.2, 0) is 10.0 Å². The second-order valence-electron chi connectivity index (χ2n) is 7.98. The van der Waals surface area contributed by atoms with Gasteiger partial charge in [-0.25, -0.2) is 13.1 Å². The minimum absolute atomic E-state index is 0.154. The average molecular weight is 495 g/mol. The van der Waals surface area contributed by atoms with Crippen molar-refractivity contribution in [3.8, 4) is 16.9 Å². The molecule has 5 aromatic rings. The lowest BCUT2D eigenvalue weighted by Gasteiger charge is -2.10. The Kier molecular flexibility index (Phi) is 6.34. The van der Waals surface area contributed by atoms with Crippen LogP contribution >= 0.6 is 0 Å². The molecule has 7 nitrogen and oxygen atoms in total. The number of benzene rings is 4. The monoisotopic (exact) mass is 494 g/mol. The molecule has 178 valence electrons. The Labute approximate surface area is 209 Å². The number of nitrogens with zero attached hydrogens (tertiary/aromatic N) is 2. The number of para-hydroxylation sites is 2. The van der Waals surface area contributed by atoms with Gasteiger partial charge in [-0.15, -0.1) is 0 Å². The van der Waals surface area contributed by atoms with Gasteiger partial charge in [0.15, 0.2) is 0 Å². The number of anilines is 2. The molecule has 0 atom stereocenters. The van der Waals surface area contributed by atoms with Crippen LogP contribution in [0.15, 0.2) is 126 Å². The van der Waals surface area contributed by atoms with Crippen LogP contribution in [0.5, 0.6) is 0 Å². The van der Waals surface area contributed by atoms with Crippen molar-refractivity contribution in [2.24, 2.45) is 0 Å². The SMILES string of the molecule is O=C(Nc1ccccc1)c1ccc(-c2cc(NS(=O)(=O)c3ccccc3)n(-c3ccccc3)n2)cc1. The van der Waals surface area contributed by atoms with Crippen LogP contribution < -0.4 is 10.0 Å². The van der Waals surface area contributed by atoms with Gasteiger partial charge >= 0.3 is 0 Å². The minimum atomic E-state index is -3.82. The zero-order valence-electron chi connectivity index (χ0n) is 19.1. The van der Waals surface area contributed by atoms with E-state index in [9.17, 15) is 13.2 Å². The third-order valence-electron chi connectivity index (χ3n) is 5.48. The van der Waals surface area contributed by atoms with Crippen LogP contribution in [0.1, 0.15) is 10.4 Å². The lowest BCUT2D eigenvalue weighted by molar-refractivity contribution is 0.102. The Morgan fingerprint density at radius 3 is 1.94 bits per heavy atom. The Bertz CT molecular complexity index is 1580. The number of hydrogen-bond donors (Lipinski definition) is 2. The molecule has 0 unspecified atom stereocenters. The topological polar surface area (TPSA) is 93.1 Å². The highest BCUT2D eigenvalue weighted by Gasteiger charge is 2.19. The number of aromatic nitrogens is 2. The van der Waals surface area contributed by atoms with Crippen molar-refractivity contribution in [1.82, 2.24) is 9.78 Å². The van der Waals surface area contributed by atoms with Crippen LogP contribution in [0, 0.1) is 0 Å². The Balaban J connectivity index is 1.46. The molecule has 2 N–H and O–H groups in total. The van der Waals surface area contributed by atoms with Gasteiger partial charge in [-0.1, -0.05) is 66.7 Å². The highest BCUT2D eigenvalue weighted by molar-refractivity contribution is 7.92. The van der Waals surface area contributed by atoms with Crippen LogP contribution in [0.25, 0.3) is 16.9 Å². The van der Waals surface area contributed by atoms with Gasteiger partial charge in [0.1, 0.15) is 5.82 Å². The zero-order valence-corrected chi connectivity index (χ0v) is 19.9. The lowest BCUT2D eigenvalue weighted by Crippen LogP contribution is -2.15. The minimum Gasteiger partial charge on any atom is -0.322 e. The van der Waals surface area contributed by atoms with E-state index in [4.69, 9.17) is 0 Å². The summed E-state index contributed by atoms with van der Waals surface area (Å²) < 4.78 is 30.2. The Morgan fingerprint density at radius 1 is 0.722 bits per heavy atom. The summed E-state index contributed by atoms with van der Waals surface area (Å²) in [7, 11) is -3.82. The fourth-order valence-electron chi connectivity index (χ4n) is 3.67. The van der Waals surface area contributed by atoms with Crippen LogP contribution in [0.2, 0.25) is 0 Å². The third-order valence-corrected chi connectivity index (χ3v) is 6.85. The summed E-state index contributed by atoms with van der Waals surface area (Å²) in [4.78, 5) is 12.7. The molecule has 0 spiro atoms. The van der Waals surface area contributed by atoms with Crippen LogP contribution in [-0.4, -0.2) is 24.1 Å². The lowest BCUT2D eigenvalue weighted by atomic mass is 10.1. The first-order valence-corrected chi connectivity index (χ1v) is 12.7. The van der Waals surface area contributed by atoms with Crippen LogP contribution in [0.3, 0.4) is 0 Å². The number of nitrogens with one attached hydrogen (secondary N) is 2. The van der Waals surface area contributed by atoms with E-state index in [1.807, 2.05) is 60.7 Å². The molecule has 0 aliphatic carbocycles. The van der Waals surface area contributed by atoms with E-state index in [0.29, 0.717) is 28.5 Å². The highest BCUT2D eigenvalue weighted by atomic mass is 32.2. The van der Waals surface area contributed by atoms with E-state index in [-0.39, 0.29) is 10.8 Å². The van der Waals surface area contributed by atoms with E-state index >= 15 is 0 Å². The number of carbonyl (C=O) groups is 1. The molecule has 0 saturated carbocycles. The molecule has 0 fully saturated rings. The molecule has 0 aliphatic heterocycles. The van der Waals surface area contributed by atoms with Crippen molar-refractivity contribution < 1.29 is 13.2 Å². The van der Waals surface area contributed by atoms with E-state index in [0.717, 1.165) is 5.56 Å². The van der Waals surface area contributed by atoms with Gasteiger partial charge in [0.05, 0.1) is 16.3 Å². The molecule has 0 saturated heterocycles. The normalized spacial score (nSPS) is 11.1. The summed E-state index contributed by atoms with van der Waals surface area (Å²) >= 11 is 0. The predicted molar refractivity (Wildman–Crippen MR) is 141 cm³/mol. The quantitative estimate of drug-likeness (QED) is 0.308. The number of rotatable bonds is 7. The molecular formula is C28H22N4O3S. The molecule has 0 bridgehead atoms. The van der Waals surface area contributed by atoms with Crippen molar-refractivity contribution in [3.63, 3.8) is 0 Å². The van der Waals surface area contributed by atoms with E-state index in [2.05, 4.69) is 15.1 Å². The maximum absolute atomic E-state index is 13.0. The van der Waals surface area contributed by atoms with E-state index in [1.54, 1.807) is 53.2 Å². The number of sulfonamides is 1. The summed E-state index contributed by atoms with van der Waals surface area (Å²) in [5.74, 6) is 0.0739. The molecule has 1 amide bonds. The summed E-state index contributed by atoms with van der Waals surface area (Å²) in [6.45, 7) is 0. The van der Waals surface area contributed by atoms with Crippen molar-refractivity contribution in [2.45, 2.75) is 4.90 Å². The Hall–Kier alpha value is -4.69. The second kappa shape index (κ2) is 9.89. The maximum Gasteiger partial charge on any atom is 0.263 e. The molecule has 1 aromatic heterocycles. The van der Waals surface area contributed by atoms with Gasteiger partial charge in [-0.2, -0.15) is 5.10 Å². The smallest absolute Gasteiger partial charge is 0.263 e. The zero-order chi connectivity index (χ0) is 25.0. The highest BCUT2D eigenvalue weighted by Crippen LogP contribution is 2.27. The van der Waals surface area contributed by atoms with E-state index < -0.39 is 10.0 Å². The molecule has 1 heterocycles. The summed E-state index contributed by atoms with van der Waals surface area (Å²) in [5, 5.41) is 7.52. The predicted octanol–water partition coefficient (Wildman–Crippen LogP) is 5.59. The van der Waals surface area contributed by atoms with Crippen molar-refractivity contribution in [1.29, 1.82) is 0 Å². The summed E-state index contributed by atoms with van der Waals surface area (Å²) in [6.07, 6.45) is 0. The fourth-order valence-corrected chi connectivity index (χ4v) is 4.73. The van der Waals surface area contributed by atoms with Crippen molar-refractivity contribution >= 4 is 27.4 Å². The molecule has 36 heavy (non-hydrogen) atoms. The Morgan fingerprint density at radius 2 is 1.31 bits per heavy atom. The molecule has 4 aromatic carbocycles. The molecular weight excluding hydrogens is 472 g/mol. The number of amides is 1. The van der Waals surface area contributed by atoms with Gasteiger partial charge in [0.2, 0.25) is 0 Å². The molecule has 8 heteroatoms. The number of hydrogen-bond acceptors (Lipinski definition) is 4. The molecule has 5 rings (SSSR count). The third kappa shape index (κ3) is 5.03. The first-order chi connectivity index (χ1) is 17.5. The maximum atomic E-state index is 13.0. The fraction of sp³-hybridized carbons (Fsp3) is 0. The first-order valence-electron chi connectivity index (χ1n) is 11.2. The van der Waals surface area contributed by atoms with E-state index in [1.165, 1.54) is 12.1 Å².